The average Bonchev–Trinajstić information content (AvgIpc) is 3.08. The van der Waals surface area contributed by atoms with E-state index in [1.165, 1.54) is 25.0 Å². The zero-order chi connectivity index (χ0) is 13.0. The summed E-state index contributed by atoms with van der Waals surface area (Å²) >= 11 is 0. The fourth-order valence-electron chi connectivity index (χ4n) is 2.66. The van der Waals surface area contributed by atoms with Crippen molar-refractivity contribution in [3.05, 3.63) is 18.0 Å². The van der Waals surface area contributed by atoms with Crippen molar-refractivity contribution < 1.29 is 0 Å². The Balaban J connectivity index is 1.91. The summed E-state index contributed by atoms with van der Waals surface area (Å²) in [5.41, 5.74) is 1.24. The highest BCUT2D eigenvalue weighted by Crippen LogP contribution is 2.34. The van der Waals surface area contributed by atoms with Gasteiger partial charge in [0, 0.05) is 18.7 Å². The third-order valence-corrected chi connectivity index (χ3v) is 4.16. The number of hydrogen-bond acceptors (Lipinski definition) is 2. The van der Waals surface area contributed by atoms with Crippen molar-refractivity contribution in [1.82, 2.24) is 15.1 Å². The maximum absolute atomic E-state index is 4.74. The molecule has 1 unspecified atom stereocenters. The first kappa shape index (κ1) is 13.6. The van der Waals surface area contributed by atoms with Gasteiger partial charge in [-0.1, -0.05) is 26.7 Å². The molecule has 3 heteroatoms. The Kier molecular flexibility index (Phi) is 4.81. The van der Waals surface area contributed by atoms with Gasteiger partial charge in [-0.25, -0.2) is 0 Å². The highest BCUT2D eigenvalue weighted by atomic mass is 15.3. The number of rotatable bonds is 8. The standard InChI is InChI=1S/C15H27N3/c1-4-15(5-2)18-9-8-13(17-18)11-14(16-3)10-12-6-7-12/h8-9,12,14-16H,4-7,10-11H2,1-3H3. The van der Waals surface area contributed by atoms with Crippen LogP contribution in [0.15, 0.2) is 12.3 Å². The van der Waals surface area contributed by atoms with E-state index in [-0.39, 0.29) is 0 Å². The molecular formula is C15H27N3. The fraction of sp³-hybridized carbons (Fsp3) is 0.800. The predicted octanol–water partition coefficient (Wildman–Crippen LogP) is 3.17. The summed E-state index contributed by atoms with van der Waals surface area (Å²) in [4.78, 5) is 0. The van der Waals surface area contributed by atoms with Gasteiger partial charge in [-0.2, -0.15) is 5.10 Å². The highest BCUT2D eigenvalue weighted by Gasteiger charge is 2.25. The zero-order valence-electron chi connectivity index (χ0n) is 12.0. The Morgan fingerprint density at radius 3 is 2.67 bits per heavy atom. The molecule has 1 fully saturated rings. The average molecular weight is 249 g/mol. The lowest BCUT2D eigenvalue weighted by molar-refractivity contribution is 0.420. The van der Waals surface area contributed by atoms with Gasteiger partial charge in [-0.3, -0.25) is 4.68 Å². The molecule has 18 heavy (non-hydrogen) atoms. The molecule has 1 saturated carbocycles. The first-order chi connectivity index (χ1) is 8.76. The molecule has 0 aromatic carbocycles. The summed E-state index contributed by atoms with van der Waals surface area (Å²) in [5, 5.41) is 8.18. The van der Waals surface area contributed by atoms with E-state index >= 15 is 0 Å². The van der Waals surface area contributed by atoms with E-state index in [4.69, 9.17) is 5.10 Å². The van der Waals surface area contributed by atoms with Gasteiger partial charge in [0.2, 0.25) is 0 Å². The van der Waals surface area contributed by atoms with Crippen molar-refractivity contribution in [3.63, 3.8) is 0 Å². The number of nitrogens with zero attached hydrogens (tertiary/aromatic N) is 2. The van der Waals surface area contributed by atoms with Gasteiger partial charge in [-0.05, 0) is 38.3 Å². The second-order valence-electron chi connectivity index (χ2n) is 5.63. The van der Waals surface area contributed by atoms with Crippen molar-refractivity contribution in [2.75, 3.05) is 7.05 Å². The van der Waals surface area contributed by atoms with E-state index in [0.717, 1.165) is 25.2 Å². The Morgan fingerprint density at radius 2 is 2.11 bits per heavy atom. The predicted molar refractivity (Wildman–Crippen MR) is 75.7 cm³/mol. The summed E-state index contributed by atoms with van der Waals surface area (Å²) < 4.78 is 2.15. The van der Waals surface area contributed by atoms with Gasteiger partial charge in [-0.15, -0.1) is 0 Å². The van der Waals surface area contributed by atoms with Crippen LogP contribution in [0.1, 0.15) is 57.7 Å². The van der Waals surface area contributed by atoms with Gasteiger partial charge in [0.05, 0.1) is 11.7 Å². The van der Waals surface area contributed by atoms with E-state index in [1.54, 1.807) is 0 Å². The SMILES string of the molecule is CCC(CC)n1ccc(CC(CC2CC2)NC)n1. The number of nitrogens with one attached hydrogen (secondary N) is 1. The normalized spacial score (nSPS) is 17.3. The smallest absolute Gasteiger partial charge is 0.0640 e. The Labute approximate surface area is 111 Å². The zero-order valence-corrected chi connectivity index (χ0v) is 12.0. The second kappa shape index (κ2) is 6.37. The number of aromatic nitrogens is 2. The molecule has 0 amide bonds. The van der Waals surface area contributed by atoms with Crippen molar-refractivity contribution in [2.45, 2.75) is 64.5 Å². The summed E-state index contributed by atoms with van der Waals surface area (Å²) in [7, 11) is 2.07. The van der Waals surface area contributed by atoms with Gasteiger partial charge in [0.15, 0.2) is 0 Å². The molecule has 1 atom stereocenters. The van der Waals surface area contributed by atoms with Crippen LogP contribution in [0.5, 0.6) is 0 Å². The quantitative estimate of drug-likeness (QED) is 0.767. The summed E-state index contributed by atoms with van der Waals surface area (Å²) in [6.45, 7) is 4.47. The molecule has 1 heterocycles. The van der Waals surface area contributed by atoms with Crippen LogP contribution >= 0.6 is 0 Å². The fourth-order valence-corrected chi connectivity index (χ4v) is 2.66. The molecule has 2 rings (SSSR count). The molecule has 0 aliphatic heterocycles. The summed E-state index contributed by atoms with van der Waals surface area (Å²) in [6, 6.07) is 3.35. The summed E-state index contributed by atoms with van der Waals surface area (Å²) in [5.74, 6) is 0.976. The molecule has 0 spiro atoms. The van der Waals surface area contributed by atoms with Crippen LogP contribution < -0.4 is 5.32 Å². The van der Waals surface area contributed by atoms with E-state index < -0.39 is 0 Å². The van der Waals surface area contributed by atoms with Crippen LogP contribution in [0.25, 0.3) is 0 Å². The van der Waals surface area contributed by atoms with Crippen molar-refractivity contribution >= 4 is 0 Å². The van der Waals surface area contributed by atoms with Crippen LogP contribution in [-0.4, -0.2) is 22.9 Å². The minimum Gasteiger partial charge on any atom is -0.317 e. The van der Waals surface area contributed by atoms with Crippen molar-refractivity contribution in [3.8, 4) is 0 Å². The third kappa shape index (κ3) is 3.58. The van der Waals surface area contributed by atoms with Gasteiger partial charge < -0.3 is 5.32 Å². The largest absolute Gasteiger partial charge is 0.317 e. The van der Waals surface area contributed by atoms with E-state index in [2.05, 4.69) is 43.2 Å². The number of likely N-dealkylation sites (N-methyl/N-ethyl adjacent to an activating group) is 1. The summed E-state index contributed by atoms with van der Waals surface area (Å²) in [6.07, 6.45) is 9.72. The van der Waals surface area contributed by atoms with E-state index in [0.29, 0.717) is 12.1 Å². The topological polar surface area (TPSA) is 29.9 Å². The van der Waals surface area contributed by atoms with Gasteiger partial charge >= 0.3 is 0 Å². The van der Waals surface area contributed by atoms with Gasteiger partial charge in [0.1, 0.15) is 0 Å². The maximum Gasteiger partial charge on any atom is 0.0640 e. The Bertz CT molecular complexity index is 350. The first-order valence-electron chi connectivity index (χ1n) is 7.48. The minimum absolute atomic E-state index is 0.565. The lowest BCUT2D eigenvalue weighted by atomic mass is 10.1. The highest BCUT2D eigenvalue weighted by molar-refractivity contribution is 5.03. The molecule has 1 N–H and O–H groups in total. The number of hydrogen-bond donors (Lipinski definition) is 1. The molecular weight excluding hydrogens is 222 g/mol. The minimum atomic E-state index is 0.565. The molecule has 102 valence electrons. The van der Waals surface area contributed by atoms with Crippen LogP contribution in [-0.2, 0) is 6.42 Å². The molecule has 0 saturated heterocycles. The first-order valence-corrected chi connectivity index (χ1v) is 7.48. The van der Waals surface area contributed by atoms with Crippen molar-refractivity contribution in [2.24, 2.45) is 5.92 Å². The van der Waals surface area contributed by atoms with E-state index in [1.807, 2.05) is 0 Å². The van der Waals surface area contributed by atoms with Crippen LogP contribution in [0.3, 0.4) is 0 Å². The molecule has 1 aromatic heterocycles. The molecule has 1 aliphatic carbocycles. The molecule has 0 bridgehead atoms. The van der Waals surface area contributed by atoms with Gasteiger partial charge in [0.25, 0.3) is 0 Å². The van der Waals surface area contributed by atoms with Crippen LogP contribution in [0.4, 0.5) is 0 Å². The lowest BCUT2D eigenvalue weighted by Crippen LogP contribution is -2.28. The Morgan fingerprint density at radius 1 is 1.39 bits per heavy atom. The van der Waals surface area contributed by atoms with E-state index in [9.17, 15) is 0 Å². The maximum atomic E-state index is 4.74. The lowest BCUT2D eigenvalue weighted by Gasteiger charge is -2.15. The molecule has 1 aliphatic rings. The second-order valence-corrected chi connectivity index (χ2v) is 5.63. The molecule has 3 nitrogen and oxygen atoms in total. The Hall–Kier alpha value is -0.830. The molecule has 0 radical (unpaired) electrons. The molecule has 1 aromatic rings. The van der Waals surface area contributed by atoms with Crippen molar-refractivity contribution in [1.29, 1.82) is 0 Å². The van der Waals surface area contributed by atoms with Crippen LogP contribution in [0, 0.1) is 5.92 Å². The third-order valence-electron chi connectivity index (χ3n) is 4.16. The monoisotopic (exact) mass is 249 g/mol. The van der Waals surface area contributed by atoms with Crippen LogP contribution in [0.2, 0.25) is 0 Å².